The predicted molar refractivity (Wildman–Crippen MR) is 102 cm³/mol. The summed E-state index contributed by atoms with van der Waals surface area (Å²) in [6, 6.07) is 4.80. The Labute approximate surface area is 169 Å². The molecule has 11 heteroatoms. The lowest BCUT2D eigenvalue weighted by molar-refractivity contribution is -0.138. The number of halogens is 3. The third kappa shape index (κ3) is 5.37. The molecule has 3 heterocycles. The SMILES string of the molecule is NC(=O)NC(CC(=O)N1CCN(c2ccc(C(F)(F)F)cn2)CC1)c1cccs1. The summed E-state index contributed by atoms with van der Waals surface area (Å²) in [6.45, 7) is 1.73. The van der Waals surface area contributed by atoms with Gasteiger partial charge in [-0.1, -0.05) is 6.07 Å². The summed E-state index contributed by atoms with van der Waals surface area (Å²) in [5.41, 5.74) is 4.42. The second kappa shape index (κ2) is 8.68. The maximum Gasteiger partial charge on any atom is 0.417 e. The standard InChI is InChI=1S/C18H20F3N5O2S/c19-18(20,21)12-3-4-15(23-11-12)25-5-7-26(8-6-25)16(27)10-13(24-17(22)28)14-2-1-9-29-14/h1-4,9,11,13H,5-8,10H2,(H3,22,24,28). The van der Waals surface area contributed by atoms with E-state index in [-0.39, 0.29) is 12.3 Å². The van der Waals surface area contributed by atoms with Crippen molar-refractivity contribution in [1.29, 1.82) is 0 Å². The zero-order valence-electron chi connectivity index (χ0n) is 15.4. The summed E-state index contributed by atoms with van der Waals surface area (Å²) < 4.78 is 38.0. The fraction of sp³-hybridized carbons (Fsp3) is 0.389. The number of amides is 3. The van der Waals surface area contributed by atoms with Crippen LogP contribution >= 0.6 is 11.3 Å². The predicted octanol–water partition coefficient (Wildman–Crippen LogP) is 2.61. The molecule has 0 aliphatic carbocycles. The molecule has 3 amide bonds. The number of anilines is 1. The summed E-state index contributed by atoms with van der Waals surface area (Å²) in [4.78, 5) is 32.2. The van der Waals surface area contributed by atoms with E-state index >= 15 is 0 Å². The highest BCUT2D eigenvalue weighted by Crippen LogP contribution is 2.29. The molecule has 1 aliphatic heterocycles. The molecule has 2 aromatic rings. The summed E-state index contributed by atoms with van der Waals surface area (Å²) in [5.74, 6) is 0.314. The van der Waals surface area contributed by atoms with Crippen LogP contribution in [0.5, 0.6) is 0 Å². The van der Waals surface area contributed by atoms with Gasteiger partial charge in [0.2, 0.25) is 5.91 Å². The van der Waals surface area contributed by atoms with Crippen molar-refractivity contribution in [2.75, 3.05) is 31.1 Å². The average molecular weight is 427 g/mol. The maximum absolute atomic E-state index is 12.7. The second-order valence-corrected chi connectivity index (χ2v) is 7.53. The molecule has 0 radical (unpaired) electrons. The first-order chi connectivity index (χ1) is 13.7. The number of thiophene rings is 1. The first-order valence-electron chi connectivity index (χ1n) is 8.89. The molecule has 2 aromatic heterocycles. The van der Waals surface area contributed by atoms with Gasteiger partial charge >= 0.3 is 12.2 Å². The Morgan fingerprint density at radius 2 is 1.93 bits per heavy atom. The third-order valence-electron chi connectivity index (χ3n) is 4.61. The van der Waals surface area contributed by atoms with Crippen molar-refractivity contribution in [2.45, 2.75) is 18.6 Å². The molecular weight excluding hydrogens is 407 g/mol. The topological polar surface area (TPSA) is 91.6 Å². The number of primary amides is 1. The minimum absolute atomic E-state index is 0.0853. The van der Waals surface area contributed by atoms with Crippen LogP contribution in [0.4, 0.5) is 23.8 Å². The number of urea groups is 1. The van der Waals surface area contributed by atoms with Crippen LogP contribution in [0.1, 0.15) is 22.9 Å². The van der Waals surface area contributed by atoms with E-state index in [9.17, 15) is 22.8 Å². The van der Waals surface area contributed by atoms with E-state index in [0.29, 0.717) is 32.0 Å². The molecule has 29 heavy (non-hydrogen) atoms. The number of aromatic nitrogens is 1. The Morgan fingerprint density at radius 1 is 1.21 bits per heavy atom. The monoisotopic (exact) mass is 427 g/mol. The number of piperazine rings is 1. The molecule has 0 saturated carbocycles. The van der Waals surface area contributed by atoms with Crippen LogP contribution in [0.25, 0.3) is 0 Å². The number of hydrogen-bond acceptors (Lipinski definition) is 5. The van der Waals surface area contributed by atoms with E-state index in [4.69, 9.17) is 5.73 Å². The molecule has 1 fully saturated rings. The van der Waals surface area contributed by atoms with Crippen molar-refractivity contribution < 1.29 is 22.8 Å². The lowest BCUT2D eigenvalue weighted by Crippen LogP contribution is -2.49. The summed E-state index contributed by atoms with van der Waals surface area (Å²) >= 11 is 1.42. The van der Waals surface area contributed by atoms with E-state index in [1.807, 2.05) is 22.4 Å². The molecule has 0 bridgehead atoms. The summed E-state index contributed by atoms with van der Waals surface area (Å²) in [7, 11) is 0. The first-order valence-corrected chi connectivity index (χ1v) is 9.77. The van der Waals surface area contributed by atoms with Crippen LogP contribution in [0.3, 0.4) is 0 Å². The minimum Gasteiger partial charge on any atom is -0.353 e. The molecule has 3 rings (SSSR count). The van der Waals surface area contributed by atoms with Crippen LogP contribution in [0.15, 0.2) is 35.8 Å². The molecule has 0 spiro atoms. The summed E-state index contributed by atoms with van der Waals surface area (Å²) in [5, 5.41) is 4.45. The Bertz CT molecular complexity index is 834. The van der Waals surface area contributed by atoms with Crippen LogP contribution < -0.4 is 16.0 Å². The van der Waals surface area contributed by atoms with Gasteiger partial charge in [0.1, 0.15) is 5.82 Å². The highest BCUT2D eigenvalue weighted by molar-refractivity contribution is 7.10. The number of alkyl halides is 3. The third-order valence-corrected chi connectivity index (χ3v) is 5.60. The zero-order chi connectivity index (χ0) is 21.0. The smallest absolute Gasteiger partial charge is 0.353 e. The quantitative estimate of drug-likeness (QED) is 0.767. The molecular formula is C18H20F3N5O2S. The average Bonchev–Trinajstić information content (AvgIpc) is 3.21. The molecule has 1 atom stereocenters. The Morgan fingerprint density at radius 3 is 2.45 bits per heavy atom. The number of carbonyl (C=O) groups is 2. The largest absolute Gasteiger partial charge is 0.417 e. The lowest BCUT2D eigenvalue weighted by atomic mass is 10.1. The number of nitrogens with two attached hydrogens (primary N) is 1. The van der Waals surface area contributed by atoms with Gasteiger partial charge in [-0.3, -0.25) is 4.79 Å². The molecule has 1 aliphatic rings. The van der Waals surface area contributed by atoms with E-state index in [1.165, 1.54) is 17.4 Å². The minimum atomic E-state index is -4.42. The second-order valence-electron chi connectivity index (χ2n) is 6.55. The van der Waals surface area contributed by atoms with Crippen LogP contribution in [0.2, 0.25) is 0 Å². The highest BCUT2D eigenvalue weighted by Gasteiger charge is 2.31. The van der Waals surface area contributed by atoms with Crippen LogP contribution in [0, 0.1) is 0 Å². The molecule has 0 aromatic carbocycles. The van der Waals surface area contributed by atoms with Gasteiger partial charge in [-0.25, -0.2) is 9.78 Å². The van der Waals surface area contributed by atoms with Gasteiger partial charge in [0.05, 0.1) is 18.0 Å². The number of rotatable bonds is 5. The van der Waals surface area contributed by atoms with Gasteiger partial charge in [-0.15, -0.1) is 11.3 Å². The maximum atomic E-state index is 12.7. The van der Waals surface area contributed by atoms with E-state index in [2.05, 4.69) is 10.3 Å². The number of pyridine rings is 1. The number of nitrogens with one attached hydrogen (secondary N) is 1. The lowest BCUT2D eigenvalue weighted by Gasteiger charge is -2.36. The molecule has 156 valence electrons. The van der Waals surface area contributed by atoms with E-state index in [0.717, 1.165) is 17.1 Å². The van der Waals surface area contributed by atoms with Gasteiger partial charge in [0.15, 0.2) is 0 Å². The first kappa shape index (κ1) is 20.9. The normalized spacial score (nSPS) is 15.8. The summed E-state index contributed by atoms with van der Waals surface area (Å²) in [6.07, 6.45) is -3.52. The highest BCUT2D eigenvalue weighted by atomic mass is 32.1. The number of nitrogens with zero attached hydrogens (tertiary/aromatic N) is 3. The fourth-order valence-electron chi connectivity index (χ4n) is 3.11. The molecule has 7 nitrogen and oxygen atoms in total. The van der Waals surface area contributed by atoms with Gasteiger partial charge < -0.3 is 20.9 Å². The van der Waals surface area contributed by atoms with Gasteiger partial charge in [-0.05, 0) is 23.6 Å². The molecule has 3 N–H and O–H groups in total. The molecule has 1 unspecified atom stereocenters. The van der Waals surface area contributed by atoms with E-state index < -0.39 is 23.8 Å². The Hall–Kier alpha value is -2.82. The van der Waals surface area contributed by atoms with Crippen molar-refractivity contribution in [1.82, 2.24) is 15.2 Å². The number of carbonyl (C=O) groups excluding carboxylic acids is 2. The van der Waals surface area contributed by atoms with Crippen molar-refractivity contribution in [3.63, 3.8) is 0 Å². The van der Waals surface area contributed by atoms with Crippen molar-refractivity contribution in [3.8, 4) is 0 Å². The van der Waals surface area contributed by atoms with Gasteiger partial charge in [0, 0.05) is 37.3 Å². The van der Waals surface area contributed by atoms with Crippen LogP contribution in [-0.2, 0) is 11.0 Å². The van der Waals surface area contributed by atoms with Crippen LogP contribution in [-0.4, -0.2) is 48.0 Å². The fourth-order valence-corrected chi connectivity index (χ4v) is 3.89. The van der Waals surface area contributed by atoms with Crippen molar-refractivity contribution >= 4 is 29.1 Å². The van der Waals surface area contributed by atoms with Crippen molar-refractivity contribution in [3.05, 3.63) is 46.3 Å². The van der Waals surface area contributed by atoms with Gasteiger partial charge in [0.25, 0.3) is 0 Å². The number of hydrogen-bond donors (Lipinski definition) is 2. The Kier molecular flexibility index (Phi) is 6.26. The van der Waals surface area contributed by atoms with Gasteiger partial charge in [-0.2, -0.15) is 13.2 Å². The molecule has 1 saturated heterocycles. The zero-order valence-corrected chi connectivity index (χ0v) is 16.2. The van der Waals surface area contributed by atoms with E-state index in [1.54, 1.807) is 4.90 Å². The Balaban J connectivity index is 1.57. The van der Waals surface area contributed by atoms with Crippen molar-refractivity contribution in [2.24, 2.45) is 5.73 Å².